The molecule has 2 rings (SSSR count). The molecule has 2 aromatic rings. The topological polar surface area (TPSA) is 50.7 Å². The molecule has 21 heavy (non-hydrogen) atoms. The quantitative estimate of drug-likeness (QED) is 0.821. The number of aliphatic hydroxyl groups is 1. The van der Waals surface area contributed by atoms with Gasteiger partial charge in [0.1, 0.15) is 11.5 Å². The third-order valence-corrected chi connectivity index (χ3v) is 3.42. The molecule has 112 valence electrons. The first-order chi connectivity index (χ1) is 10.3. The van der Waals surface area contributed by atoms with Crippen LogP contribution in [-0.2, 0) is 6.54 Å². The van der Waals surface area contributed by atoms with Crippen LogP contribution in [0, 0.1) is 0 Å². The van der Waals surface area contributed by atoms with E-state index in [-0.39, 0.29) is 12.6 Å². The molecule has 0 amide bonds. The standard InChI is InChI=1S/C17H21NO3/c1-20-15-9-8-14(17(10-15)21-2)11-18-16(12-19)13-6-4-3-5-7-13/h3-10,16,18-19H,11-12H2,1-2H3/t16-/m0/s1. The summed E-state index contributed by atoms with van der Waals surface area (Å²) in [4.78, 5) is 0. The highest BCUT2D eigenvalue weighted by atomic mass is 16.5. The second kappa shape index (κ2) is 7.67. The lowest BCUT2D eigenvalue weighted by Crippen LogP contribution is -2.24. The van der Waals surface area contributed by atoms with Crippen molar-refractivity contribution in [3.63, 3.8) is 0 Å². The largest absolute Gasteiger partial charge is 0.497 e. The van der Waals surface area contributed by atoms with Crippen LogP contribution in [0.2, 0.25) is 0 Å². The van der Waals surface area contributed by atoms with E-state index in [9.17, 15) is 5.11 Å². The third-order valence-electron chi connectivity index (χ3n) is 3.42. The lowest BCUT2D eigenvalue weighted by atomic mass is 10.1. The third kappa shape index (κ3) is 3.97. The van der Waals surface area contributed by atoms with Gasteiger partial charge in [-0.05, 0) is 11.6 Å². The molecule has 2 aromatic carbocycles. The van der Waals surface area contributed by atoms with Gasteiger partial charge in [0.15, 0.2) is 0 Å². The van der Waals surface area contributed by atoms with Crippen molar-refractivity contribution in [2.75, 3.05) is 20.8 Å². The molecule has 0 fully saturated rings. The van der Waals surface area contributed by atoms with Crippen LogP contribution in [0.15, 0.2) is 48.5 Å². The fourth-order valence-electron chi connectivity index (χ4n) is 2.20. The highest BCUT2D eigenvalue weighted by molar-refractivity contribution is 5.40. The number of ether oxygens (including phenoxy) is 2. The van der Waals surface area contributed by atoms with Crippen molar-refractivity contribution >= 4 is 0 Å². The van der Waals surface area contributed by atoms with E-state index >= 15 is 0 Å². The number of hydrogen-bond acceptors (Lipinski definition) is 4. The Morgan fingerprint density at radius 3 is 2.43 bits per heavy atom. The number of rotatable bonds is 7. The van der Waals surface area contributed by atoms with E-state index in [1.807, 2.05) is 48.5 Å². The molecule has 0 unspecified atom stereocenters. The fraction of sp³-hybridized carbons (Fsp3) is 0.294. The minimum Gasteiger partial charge on any atom is -0.497 e. The van der Waals surface area contributed by atoms with E-state index < -0.39 is 0 Å². The predicted molar refractivity (Wildman–Crippen MR) is 82.7 cm³/mol. The first kappa shape index (κ1) is 15.4. The Hall–Kier alpha value is -2.04. The van der Waals surface area contributed by atoms with Crippen molar-refractivity contribution < 1.29 is 14.6 Å². The summed E-state index contributed by atoms with van der Waals surface area (Å²) in [6.07, 6.45) is 0. The van der Waals surface area contributed by atoms with Gasteiger partial charge in [0.05, 0.1) is 26.9 Å². The molecule has 2 N–H and O–H groups in total. The van der Waals surface area contributed by atoms with E-state index in [2.05, 4.69) is 5.32 Å². The van der Waals surface area contributed by atoms with Crippen molar-refractivity contribution in [3.8, 4) is 11.5 Å². The van der Waals surface area contributed by atoms with Crippen LogP contribution in [0.3, 0.4) is 0 Å². The fourth-order valence-corrected chi connectivity index (χ4v) is 2.20. The maximum Gasteiger partial charge on any atom is 0.127 e. The molecule has 0 saturated heterocycles. The predicted octanol–water partition coefficient (Wildman–Crippen LogP) is 2.53. The van der Waals surface area contributed by atoms with Gasteiger partial charge in [-0.3, -0.25) is 0 Å². The summed E-state index contributed by atoms with van der Waals surface area (Å²) in [6.45, 7) is 0.649. The monoisotopic (exact) mass is 287 g/mol. The Morgan fingerprint density at radius 1 is 1.05 bits per heavy atom. The normalized spacial score (nSPS) is 12.0. The van der Waals surface area contributed by atoms with Crippen LogP contribution in [0.25, 0.3) is 0 Å². The SMILES string of the molecule is COc1ccc(CN[C@@H](CO)c2ccccc2)c(OC)c1. The van der Waals surface area contributed by atoms with Crippen molar-refractivity contribution in [1.82, 2.24) is 5.32 Å². The Kier molecular flexibility index (Phi) is 5.60. The Morgan fingerprint density at radius 2 is 1.81 bits per heavy atom. The van der Waals surface area contributed by atoms with Gasteiger partial charge in [0.25, 0.3) is 0 Å². The molecule has 0 aromatic heterocycles. The lowest BCUT2D eigenvalue weighted by Gasteiger charge is -2.18. The van der Waals surface area contributed by atoms with Crippen LogP contribution < -0.4 is 14.8 Å². The average molecular weight is 287 g/mol. The van der Waals surface area contributed by atoms with Crippen LogP contribution in [0.5, 0.6) is 11.5 Å². The number of nitrogens with one attached hydrogen (secondary N) is 1. The molecule has 0 aliphatic carbocycles. The average Bonchev–Trinajstić information content (AvgIpc) is 2.56. The number of methoxy groups -OCH3 is 2. The zero-order chi connectivity index (χ0) is 15.1. The van der Waals surface area contributed by atoms with E-state index in [4.69, 9.17) is 9.47 Å². The molecule has 0 radical (unpaired) electrons. The van der Waals surface area contributed by atoms with Gasteiger partial charge in [-0.25, -0.2) is 0 Å². The molecule has 4 heteroatoms. The molecule has 4 nitrogen and oxygen atoms in total. The number of hydrogen-bond donors (Lipinski definition) is 2. The second-order valence-corrected chi connectivity index (χ2v) is 4.70. The van der Waals surface area contributed by atoms with Crippen LogP contribution in [0.1, 0.15) is 17.2 Å². The molecule has 0 bridgehead atoms. The Balaban J connectivity index is 2.08. The van der Waals surface area contributed by atoms with Crippen LogP contribution in [0.4, 0.5) is 0 Å². The second-order valence-electron chi connectivity index (χ2n) is 4.70. The van der Waals surface area contributed by atoms with Gasteiger partial charge < -0.3 is 19.9 Å². The van der Waals surface area contributed by atoms with Gasteiger partial charge in [-0.2, -0.15) is 0 Å². The molecule has 0 aliphatic rings. The van der Waals surface area contributed by atoms with Crippen molar-refractivity contribution in [1.29, 1.82) is 0 Å². The van der Waals surface area contributed by atoms with E-state index in [0.717, 1.165) is 22.6 Å². The Labute approximate surface area is 125 Å². The molecule has 0 heterocycles. The minimum atomic E-state index is -0.0991. The Bertz CT molecular complexity index is 557. The lowest BCUT2D eigenvalue weighted by molar-refractivity contribution is 0.243. The van der Waals surface area contributed by atoms with Gasteiger partial charge in [-0.15, -0.1) is 0 Å². The smallest absolute Gasteiger partial charge is 0.127 e. The van der Waals surface area contributed by atoms with Crippen LogP contribution >= 0.6 is 0 Å². The van der Waals surface area contributed by atoms with E-state index in [1.165, 1.54) is 0 Å². The summed E-state index contributed by atoms with van der Waals surface area (Å²) in [5.41, 5.74) is 2.08. The van der Waals surface area contributed by atoms with Gasteiger partial charge in [0.2, 0.25) is 0 Å². The summed E-state index contributed by atoms with van der Waals surface area (Å²) in [7, 11) is 3.27. The summed E-state index contributed by atoms with van der Waals surface area (Å²) >= 11 is 0. The van der Waals surface area contributed by atoms with Gasteiger partial charge in [0, 0.05) is 18.2 Å². The van der Waals surface area contributed by atoms with E-state index in [0.29, 0.717) is 6.54 Å². The first-order valence-corrected chi connectivity index (χ1v) is 6.88. The molecular weight excluding hydrogens is 266 g/mol. The van der Waals surface area contributed by atoms with Crippen molar-refractivity contribution in [2.45, 2.75) is 12.6 Å². The molecule has 0 saturated carbocycles. The summed E-state index contributed by atoms with van der Waals surface area (Å²) in [5, 5.41) is 12.9. The first-order valence-electron chi connectivity index (χ1n) is 6.88. The minimum absolute atomic E-state index is 0.0441. The molecule has 1 atom stereocenters. The number of benzene rings is 2. The van der Waals surface area contributed by atoms with Crippen LogP contribution in [-0.4, -0.2) is 25.9 Å². The highest BCUT2D eigenvalue weighted by Crippen LogP contribution is 2.25. The molecular formula is C17H21NO3. The van der Waals surface area contributed by atoms with Crippen molar-refractivity contribution in [3.05, 3.63) is 59.7 Å². The summed E-state index contributed by atoms with van der Waals surface area (Å²) < 4.78 is 10.6. The van der Waals surface area contributed by atoms with Crippen molar-refractivity contribution in [2.24, 2.45) is 0 Å². The highest BCUT2D eigenvalue weighted by Gasteiger charge is 2.11. The number of aliphatic hydroxyl groups excluding tert-OH is 1. The summed E-state index contributed by atoms with van der Waals surface area (Å²) in [6, 6.07) is 15.5. The summed E-state index contributed by atoms with van der Waals surface area (Å²) in [5.74, 6) is 1.53. The maximum atomic E-state index is 9.55. The zero-order valence-electron chi connectivity index (χ0n) is 12.4. The zero-order valence-corrected chi connectivity index (χ0v) is 12.4. The maximum absolute atomic E-state index is 9.55. The van der Waals surface area contributed by atoms with E-state index in [1.54, 1.807) is 14.2 Å². The molecule has 0 spiro atoms. The van der Waals surface area contributed by atoms with Gasteiger partial charge >= 0.3 is 0 Å². The van der Waals surface area contributed by atoms with Gasteiger partial charge in [-0.1, -0.05) is 36.4 Å². The molecule has 0 aliphatic heterocycles.